The Morgan fingerprint density at radius 3 is 2.45 bits per heavy atom. The smallest absolute Gasteiger partial charge is 0.416 e. The summed E-state index contributed by atoms with van der Waals surface area (Å²) in [6, 6.07) is 7.70. The molecule has 20 heavy (non-hydrogen) atoms. The van der Waals surface area contributed by atoms with E-state index in [0.717, 1.165) is 12.1 Å². The van der Waals surface area contributed by atoms with Crippen LogP contribution in [0.25, 0.3) is 11.3 Å². The first-order chi connectivity index (χ1) is 9.34. The Labute approximate surface area is 113 Å². The van der Waals surface area contributed by atoms with Crippen LogP contribution in [0.5, 0.6) is 5.75 Å². The van der Waals surface area contributed by atoms with Crippen LogP contribution in [0.2, 0.25) is 0 Å². The normalized spacial score (nSPS) is 11.4. The van der Waals surface area contributed by atoms with Crippen LogP contribution in [0, 0.1) is 12.1 Å². The maximum atomic E-state index is 12.8. The van der Waals surface area contributed by atoms with Crippen molar-refractivity contribution in [3.63, 3.8) is 0 Å². The van der Waals surface area contributed by atoms with E-state index in [0.29, 0.717) is 10.4 Å². The Balaban J connectivity index is 2.68. The number of methoxy groups -OCH3 is 1. The van der Waals surface area contributed by atoms with E-state index in [9.17, 15) is 18.4 Å². The summed E-state index contributed by atoms with van der Waals surface area (Å²) in [6.45, 7) is 1.58. The lowest BCUT2D eigenvalue weighted by atomic mass is 10.1. The molecule has 1 aromatic carbocycles. The molecule has 0 aliphatic heterocycles. The van der Waals surface area contributed by atoms with Gasteiger partial charge in [0.1, 0.15) is 5.75 Å². The second kappa shape index (κ2) is 5.03. The molecule has 0 unspecified atom stereocenters. The molecule has 0 N–H and O–H groups in total. The van der Waals surface area contributed by atoms with Crippen molar-refractivity contribution in [3.8, 4) is 17.0 Å². The van der Waals surface area contributed by atoms with Gasteiger partial charge in [-0.25, -0.2) is 0 Å². The predicted molar refractivity (Wildman–Crippen MR) is 67.1 cm³/mol. The molecule has 2 aromatic rings. The zero-order valence-electron chi connectivity index (χ0n) is 10.9. The van der Waals surface area contributed by atoms with E-state index in [2.05, 4.69) is 0 Å². The third-order valence-electron chi connectivity index (χ3n) is 2.93. The van der Waals surface area contributed by atoms with Gasteiger partial charge in [0.15, 0.2) is 5.69 Å². The van der Waals surface area contributed by atoms with Gasteiger partial charge in [0.2, 0.25) is 5.69 Å². The average molecular weight is 283 g/mol. The summed E-state index contributed by atoms with van der Waals surface area (Å²) in [7, 11) is 1.34. The number of benzene rings is 1. The minimum Gasteiger partial charge on any atom is -0.618 e. The number of aryl methyl sites for hydroxylation is 1. The van der Waals surface area contributed by atoms with E-state index in [1.807, 2.05) is 0 Å². The molecule has 0 spiro atoms. The average Bonchev–Trinajstić information content (AvgIpc) is 2.40. The largest absolute Gasteiger partial charge is 0.618 e. The van der Waals surface area contributed by atoms with Crippen molar-refractivity contribution < 1.29 is 22.6 Å². The summed E-state index contributed by atoms with van der Waals surface area (Å²) in [5, 5.41) is 12.0. The first-order valence-electron chi connectivity index (χ1n) is 5.79. The quantitative estimate of drug-likeness (QED) is 0.626. The Kier molecular flexibility index (Phi) is 3.57. The highest BCUT2D eigenvalue weighted by atomic mass is 19.4. The number of ether oxygens (including phenoxy) is 1. The van der Waals surface area contributed by atoms with Gasteiger partial charge in [-0.3, -0.25) is 0 Å². The molecule has 1 aromatic heterocycles. The molecule has 0 atom stereocenters. The number of pyridine rings is 1. The highest BCUT2D eigenvalue weighted by Crippen LogP contribution is 2.36. The van der Waals surface area contributed by atoms with Gasteiger partial charge >= 0.3 is 6.18 Å². The molecule has 0 saturated carbocycles. The van der Waals surface area contributed by atoms with E-state index in [-0.39, 0.29) is 17.0 Å². The predicted octanol–water partition coefficient (Wildman–Crippen LogP) is 3.32. The van der Waals surface area contributed by atoms with Gasteiger partial charge in [0.25, 0.3) is 0 Å². The third-order valence-corrected chi connectivity index (χ3v) is 2.93. The molecule has 0 bridgehead atoms. The molecule has 1 heterocycles. The van der Waals surface area contributed by atoms with Crippen molar-refractivity contribution in [2.24, 2.45) is 0 Å². The maximum Gasteiger partial charge on any atom is 0.416 e. The van der Waals surface area contributed by atoms with Crippen molar-refractivity contribution in [2.75, 3.05) is 7.11 Å². The standard InChI is InChI=1S/C14H12F3NO2/c1-9-4-3-5-12(18(9)19)11-8-10(14(15,16)17)6-7-13(11)20-2/h3-8H,1-2H3. The molecule has 3 nitrogen and oxygen atoms in total. The highest BCUT2D eigenvalue weighted by Gasteiger charge is 2.32. The van der Waals surface area contributed by atoms with Crippen LogP contribution >= 0.6 is 0 Å². The molecular formula is C14H12F3NO2. The molecule has 0 fully saturated rings. The second-order valence-electron chi connectivity index (χ2n) is 4.26. The van der Waals surface area contributed by atoms with Crippen LogP contribution in [0.15, 0.2) is 36.4 Å². The van der Waals surface area contributed by atoms with Crippen LogP contribution in [-0.4, -0.2) is 7.11 Å². The van der Waals surface area contributed by atoms with E-state index in [1.165, 1.54) is 19.2 Å². The monoisotopic (exact) mass is 283 g/mol. The molecule has 0 radical (unpaired) electrons. The summed E-state index contributed by atoms with van der Waals surface area (Å²) >= 11 is 0. The van der Waals surface area contributed by atoms with Gasteiger partial charge in [-0.2, -0.15) is 17.9 Å². The fourth-order valence-electron chi connectivity index (χ4n) is 1.89. The lowest BCUT2D eigenvalue weighted by molar-refractivity contribution is -0.600. The Hall–Kier alpha value is -2.24. The number of hydrogen-bond acceptors (Lipinski definition) is 2. The van der Waals surface area contributed by atoms with Gasteiger partial charge < -0.3 is 9.94 Å². The van der Waals surface area contributed by atoms with Gasteiger partial charge in [-0.15, -0.1) is 0 Å². The first-order valence-corrected chi connectivity index (χ1v) is 5.79. The fourth-order valence-corrected chi connectivity index (χ4v) is 1.89. The first kappa shape index (κ1) is 14.2. The summed E-state index contributed by atoms with van der Waals surface area (Å²) in [4.78, 5) is 0. The number of alkyl halides is 3. The number of nitrogens with zero attached hydrogens (tertiary/aromatic N) is 1. The van der Waals surface area contributed by atoms with Crippen LogP contribution in [0.4, 0.5) is 13.2 Å². The summed E-state index contributed by atoms with van der Waals surface area (Å²) in [5.41, 5.74) is -0.203. The van der Waals surface area contributed by atoms with Crippen LogP contribution < -0.4 is 9.47 Å². The van der Waals surface area contributed by atoms with E-state index >= 15 is 0 Å². The summed E-state index contributed by atoms with van der Waals surface area (Å²) in [5.74, 6) is 0.216. The minimum absolute atomic E-state index is 0.112. The van der Waals surface area contributed by atoms with Gasteiger partial charge in [-0.05, 0) is 24.3 Å². The van der Waals surface area contributed by atoms with Crippen molar-refractivity contribution in [2.45, 2.75) is 13.1 Å². The number of hydrogen-bond donors (Lipinski definition) is 0. The fraction of sp³-hybridized carbons (Fsp3) is 0.214. The SMILES string of the molecule is COc1ccc(C(F)(F)F)cc1-c1cccc(C)[n+]1[O-]. The van der Waals surface area contributed by atoms with Crippen LogP contribution in [0.1, 0.15) is 11.3 Å². The molecule has 106 valence electrons. The molecule has 0 aliphatic carbocycles. The van der Waals surface area contributed by atoms with Crippen molar-refractivity contribution in [3.05, 3.63) is 52.9 Å². The second-order valence-corrected chi connectivity index (χ2v) is 4.26. The molecule has 0 amide bonds. The van der Waals surface area contributed by atoms with Gasteiger partial charge in [0, 0.05) is 19.1 Å². The third kappa shape index (κ3) is 2.54. The molecule has 0 saturated heterocycles. The van der Waals surface area contributed by atoms with Gasteiger partial charge in [0.05, 0.1) is 18.2 Å². The molecular weight excluding hydrogens is 271 g/mol. The van der Waals surface area contributed by atoms with Crippen molar-refractivity contribution >= 4 is 0 Å². The number of halogens is 3. The summed E-state index contributed by atoms with van der Waals surface area (Å²) < 4.78 is 43.9. The molecule has 6 heteroatoms. The lowest BCUT2D eigenvalue weighted by Gasteiger charge is -2.13. The van der Waals surface area contributed by atoms with Crippen molar-refractivity contribution in [1.29, 1.82) is 0 Å². The Bertz CT molecular complexity index is 639. The number of rotatable bonds is 2. The van der Waals surface area contributed by atoms with E-state index in [1.54, 1.807) is 19.1 Å². The zero-order chi connectivity index (χ0) is 14.9. The van der Waals surface area contributed by atoms with E-state index in [4.69, 9.17) is 4.74 Å². The van der Waals surface area contributed by atoms with Crippen LogP contribution in [0.3, 0.4) is 0 Å². The van der Waals surface area contributed by atoms with E-state index < -0.39 is 11.7 Å². The summed E-state index contributed by atoms with van der Waals surface area (Å²) in [6.07, 6.45) is -4.47. The number of aromatic nitrogens is 1. The highest BCUT2D eigenvalue weighted by molar-refractivity contribution is 5.66. The molecule has 2 rings (SSSR count). The lowest BCUT2D eigenvalue weighted by Crippen LogP contribution is -2.32. The molecule has 0 aliphatic rings. The van der Waals surface area contributed by atoms with Crippen LogP contribution in [-0.2, 0) is 6.18 Å². The maximum absolute atomic E-state index is 12.8. The topological polar surface area (TPSA) is 36.2 Å². The zero-order valence-corrected chi connectivity index (χ0v) is 10.9. The minimum atomic E-state index is -4.47. The Morgan fingerprint density at radius 2 is 1.85 bits per heavy atom. The Morgan fingerprint density at radius 1 is 1.15 bits per heavy atom. The van der Waals surface area contributed by atoms with Crippen molar-refractivity contribution in [1.82, 2.24) is 0 Å². The van der Waals surface area contributed by atoms with Gasteiger partial charge in [-0.1, -0.05) is 0 Å².